The molecule has 1 aliphatic rings. The van der Waals surface area contributed by atoms with Gasteiger partial charge in [-0.2, -0.15) is 0 Å². The molecule has 1 rings (SSSR count). The van der Waals surface area contributed by atoms with Crippen molar-refractivity contribution < 1.29 is 15.0 Å². The van der Waals surface area contributed by atoms with E-state index in [1.807, 2.05) is 0 Å². The summed E-state index contributed by atoms with van der Waals surface area (Å²) < 4.78 is -1.03. The Kier molecular flexibility index (Phi) is 2.04. The molecule has 0 fully saturated rings. The number of rotatable bonds is 1. The summed E-state index contributed by atoms with van der Waals surface area (Å²) in [4.78, 5) is 10.6. The molecule has 3 nitrogen and oxygen atoms in total. The van der Waals surface area contributed by atoms with Gasteiger partial charge < -0.3 is 10.2 Å². The molecule has 2 N–H and O–H groups in total. The average Bonchev–Trinajstić information content (AvgIpc) is 1.95. The molecule has 1 atom stereocenters. The minimum absolute atomic E-state index is 0.112. The van der Waals surface area contributed by atoms with Crippen LogP contribution in [-0.4, -0.2) is 20.5 Å². The molecule has 60 valence electrons. The number of aliphatic hydroxyl groups excluding tert-OH is 1. The Morgan fingerprint density at radius 1 is 1.73 bits per heavy atom. The molecule has 11 heavy (non-hydrogen) atoms. The maximum Gasteiger partial charge on any atom is 0.324 e. The zero-order valence-electron chi connectivity index (χ0n) is 5.62. The van der Waals surface area contributed by atoms with Gasteiger partial charge in [0.25, 0.3) is 0 Å². The first kappa shape index (κ1) is 8.33. The van der Waals surface area contributed by atoms with E-state index in [2.05, 4.69) is 15.9 Å². The van der Waals surface area contributed by atoms with Crippen LogP contribution in [0.5, 0.6) is 0 Å². The van der Waals surface area contributed by atoms with Crippen molar-refractivity contribution in [2.24, 2.45) is 0 Å². The van der Waals surface area contributed by atoms with E-state index in [1.165, 1.54) is 18.2 Å². The largest absolute Gasteiger partial charge is 0.508 e. The van der Waals surface area contributed by atoms with Crippen molar-refractivity contribution in [1.82, 2.24) is 0 Å². The molecule has 1 aliphatic carbocycles. The van der Waals surface area contributed by atoms with Crippen molar-refractivity contribution in [2.75, 3.05) is 0 Å². The third kappa shape index (κ3) is 1.63. The van der Waals surface area contributed by atoms with Crippen LogP contribution in [0.2, 0.25) is 0 Å². The van der Waals surface area contributed by atoms with Gasteiger partial charge in [-0.15, -0.1) is 0 Å². The molecule has 0 radical (unpaired) electrons. The van der Waals surface area contributed by atoms with Crippen LogP contribution >= 0.6 is 15.9 Å². The van der Waals surface area contributed by atoms with Gasteiger partial charge in [0, 0.05) is 0 Å². The Morgan fingerprint density at radius 3 is 2.73 bits per heavy atom. The molecule has 4 heteroatoms. The lowest BCUT2D eigenvalue weighted by molar-refractivity contribution is -0.138. The highest BCUT2D eigenvalue weighted by atomic mass is 79.9. The lowest BCUT2D eigenvalue weighted by Gasteiger charge is -2.18. The third-order valence-corrected chi connectivity index (χ3v) is 2.41. The maximum atomic E-state index is 10.6. The molecule has 0 saturated heterocycles. The van der Waals surface area contributed by atoms with Gasteiger partial charge in [0.1, 0.15) is 10.1 Å². The first-order valence-electron chi connectivity index (χ1n) is 3.05. The zero-order chi connectivity index (χ0) is 8.48. The highest BCUT2D eigenvalue weighted by Gasteiger charge is 2.33. The number of hydrogen-bond donors (Lipinski definition) is 2. The number of aliphatic hydroxyl groups is 1. The number of halogens is 1. The number of carbonyl (C=O) groups is 1. The van der Waals surface area contributed by atoms with E-state index in [0.717, 1.165) is 0 Å². The van der Waals surface area contributed by atoms with Crippen molar-refractivity contribution in [3.05, 3.63) is 24.0 Å². The smallest absolute Gasteiger partial charge is 0.324 e. The van der Waals surface area contributed by atoms with Crippen molar-refractivity contribution in [3.8, 4) is 0 Å². The Hall–Kier alpha value is -0.770. The molecule has 0 heterocycles. The second-order valence-corrected chi connectivity index (χ2v) is 3.75. The summed E-state index contributed by atoms with van der Waals surface area (Å²) in [7, 11) is 0. The van der Waals surface area contributed by atoms with Crippen LogP contribution in [-0.2, 0) is 4.79 Å². The van der Waals surface area contributed by atoms with Crippen molar-refractivity contribution >= 4 is 21.9 Å². The minimum Gasteiger partial charge on any atom is -0.508 e. The van der Waals surface area contributed by atoms with Crippen LogP contribution < -0.4 is 0 Å². The summed E-state index contributed by atoms with van der Waals surface area (Å²) >= 11 is 3.05. The van der Waals surface area contributed by atoms with Crippen LogP contribution in [0.15, 0.2) is 24.0 Å². The average molecular weight is 219 g/mol. The Morgan fingerprint density at radius 2 is 2.36 bits per heavy atom. The number of alkyl halides is 1. The van der Waals surface area contributed by atoms with Gasteiger partial charge in [0.15, 0.2) is 0 Å². The molecule has 0 amide bonds. The van der Waals surface area contributed by atoms with Crippen molar-refractivity contribution in [3.63, 3.8) is 0 Å². The number of hydrogen-bond acceptors (Lipinski definition) is 2. The van der Waals surface area contributed by atoms with Gasteiger partial charge in [-0.1, -0.05) is 22.0 Å². The van der Waals surface area contributed by atoms with Gasteiger partial charge in [-0.05, 0) is 18.6 Å². The van der Waals surface area contributed by atoms with E-state index in [1.54, 1.807) is 0 Å². The lowest BCUT2D eigenvalue weighted by Crippen LogP contribution is -2.29. The summed E-state index contributed by atoms with van der Waals surface area (Å²) in [6.07, 6.45) is 4.52. The number of carboxylic acid groups (broad SMARTS) is 1. The van der Waals surface area contributed by atoms with E-state index >= 15 is 0 Å². The van der Waals surface area contributed by atoms with Gasteiger partial charge in [-0.25, -0.2) is 0 Å². The van der Waals surface area contributed by atoms with Gasteiger partial charge in [0.2, 0.25) is 0 Å². The fraction of sp³-hybridized carbons (Fsp3) is 0.286. The zero-order valence-corrected chi connectivity index (χ0v) is 7.21. The lowest BCUT2D eigenvalue weighted by atomic mass is 10.0. The van der Waals surface area contributed by atoms with Crippen LogP contribution in [0.25, 0.3) is 0 Å². The number of allylic oxidation sites excluding steroid dienone is 2. The maximum absolute atomic E-state index is 10.6. The van der Waals surface area contributed by atoms with E-state index in [-0.39, 0.29) is 12.2 Å². The van der Waals surface area contributed by atoms with E-state index in [0.29, 0.717) is 0 Å². The SMILES string of the molecule is O=C(O)C1(Br)C=CC(O)=CC1. The predicted octanol–water partition coefficient (Wildman–Crippen LogP) is 1.61. The number of aliphatic carboxylic acids is 1. The highest BCUT2D eigenvalue weighted by molar-refractivity contribution is 9.10. The van der Waals surface area contributed by atoms with Crippen molar-refractivity contribution in [2.45, 2.75) is 10.7 Å². The van der Waals surface area contributed by atoms with Crippen LogP contribution in [0, 0.1) is 0 Å². The summed E-state index contributed by atoms with van der Waals surface area (Å²) in [5, 5.41) is 17.6. The molecule has 1 unspecified atom stereocenters. The fourth-order valence-electron chi connectivity index (χ4n) is 0.765. The molecular formula is C7H7BrO3. The minimum atomic E-state index is -1.03. The molecule has 0 aromatic rings. The summed E-state index contributed by atoms with van der Waals surface area (Å²) in [5.74, 6) is -0.834. The normalized spacial score (nSPS) is 29.7. The van der Waals surface area contributed by atoms with Crippen LogP contribution in [0.1, 0.15) is 6.42 Å². The topological polar surface area (TPSA) is 57.5 Å². The second kappa shape index (κ2) is 2.70. The number of carboxylic acids is 1. The molecule has 0 bridgehead atoms. The Balaban J connectivity index is 2.82. The van der Waals surface area contributed by atoms with Gasteiger partial charge in [-0.3, -0.25) is 4.79 Å². The van der Waals surface area contributed by atoms with Crippen LogP contribution in [0.4, 0.5) is 0 Å². The molecule has 0 aliphatic heterocycles. The van der Waals surface area contributed by atoms with Crippen molar-refractivity contribution in [1.29, 1.82) is 0 Å². The Bertz CT molecular complexity index is 244. The molecule has 0 aromatic heterocycles. The highest BCUT2D eigenvalue weighted by Crippen LogP contribution is 2.29. The summed E-state index contributed by atoms with van der Waals surface area (Å²) in [5.41, 5.74) is 0. The third-order valence-electron chi connectivity index (χ3n) is 1.48. The van der Waals surface area contributed by atoms with E-state index in [4.69, 9.17) is 10.2 Å². The monoisotopic (exact) mass is 218 g/mol. The Labute approximate surface area is 72.2 Å². The first-order valence-corrected chi connectivity index (χ1v) is 3.84. The standard InChI is InChI=1S/C7H7BrO3/c8-7(6(10)11)3-1-5(9)2-4-7/h1-3,9H,4H2,(H,10,11). The van der Waals surface area contributed by atoms with Gasteiger partial charge in [0.05, 0.1) is 0 Å². The first-order chi connectivity index (χ1) is 5.04. The second-order valence-electron chi connectivity index (χ2n) is 2.33. The molecule has 0 spiro atoms. The summed E-state index contributed by atoms with van der Waals surface area (Å²) in [6.45, 7) is 0. The molecular weight excluding hydrogens is 212 g/mol. The summed E-state index contributed by atoms with van der Waals surface area (Å²) in [6, 6.07) is 0. The van der Waals surface area contributed by atoms with Gasteiger partial charge >= 0.3 is 5.97 Å². The van der Waals surface area contributed by atoms with E-state index in [9.17, 15) is 4.79 Å². The predicted molar refractivity (Wildman–Crippen MR) is 43.8 cm³/mol. The van der Waals surface area contributed by atoms with Crippen LogP contribution in [0.3, 0.4) is 0 Å². The van der Waals surface area contributed by atoms with E-state index < -0.39 is 10.3 Å². The molecule has 0 saturated carbocycles. The quantitative estimate of drug-likeness (QED) is 0.658. The fourth-order valence-corrected chi connectivity index (χ4v) is 1.06. The molecule has 0 aromatic carbocycles.